The lowest BCUT2D eigenvalue weighted by molar-refractivity contribution is -0.132. The van der Waals surface area contributed by atoms with Gasteiger partial charge in [0.25, 0.3) is 0 Å². The van der Waals surface area contributed by atoms with Crippen LogP contribution in [0.2, 0.25) is 0 Å². The van der Waals surface area contributed by atoms with Gasteiger partial charge in [-0.3, -0.25) is 9.78 Å². The number of hydrogen-bond acceptors (Lipinski definition) is 3. The molecule has 0 bridgehead atoms. The van der Waals surface area contributed by atoms with Gasteiger partial charge in [-0.05, 0) is 36.2 Å². The highest BCUT2D eigenvalue weighted by atomic mass is 19.1. The van der Waals surface area contributed by atoms with E-state index in [9.17, 15) is 9.18 Å². The minimum atomic E-state index is -0.339. The molecule has 2 aromatic rings. The van der Waals surface area contributed by atoms with Crippen LogP contribution in [0.15, 0.2) is 48.8 Å². The molecule has 1 aliphatic rings. The Hall–Kier alpha value is -2.43. The van der Waals surface area contributed by atoms with Crippen LogP contribution in [-0.2, 0) is 11.2 Å². The summed E-state index contributed by atoms with van der Waals surface area (Å²) in [5, 5.41) is 0. The van der Waals surface area contributed by atoms with E-state index in [0.29, 0.717) is 25.3 Å². The Morgan fingerprint density at radius 1 is 1.17 bits per heavy atom. The zero-order chi connectivity index (χ0) is 16.8. The Bertz CT molecular complexity index is 670. The quantitative estimate of drug-likeness (QED) is 0.846. The van der Waals surface area contributed by atoms with Crippen LogP contribution in [0.5, 0.6) is 5.75 Å². The number of benzene rings is 1. The van der Waals surface area contributed by atoms with E-state index < -0.39 is 0 Å². The van der Waals surface area contributed by atoms with E-state index in [2.05, 4.69) is 4.98 Å². The predicted octanol–water partition coefficient (Wildman–Crippen LogP) is 3.22. The second kappa shape index (κ2) is 7.90. The predicted molar refractivity (Wildman–Crippen MR) is 89.2 cm³/mol. The first-order valence-electron chi connectivity index (χ1n) is 8.30. The largest absolute Gasteiger partial charge is 0.487 e. The second-order valence-electron chi connectivity index (χ2n) is 5.98. The highest BCUT2D eigenvalue weighted by molar-refractivity contribution is 5.76. The lowest BCUT2D eigenvalue weighted by Crippen LogP contribution is -2.41. The van der Waals surface area contributed by atoms with Gasteiger partial charge >= 0.3 is 0 Å². The fourth-order valence-corrected chi connectivity index (χ4v) is 2.90. The van der Waals surface area contributed by atoms with Gasteiger partial charge in [-0.25, -0.2) is 4.39 Å². The van der Waals surface area contributed by atoms with Crippen molar-refractivity contribution in [2.75, 3.05) is 13.1 Å². The van der Waals surface area contributed by atoms with Crippen LogP contribution in [0.25, 0.3) is 0 Å². The van der Waals surface area contributed by atoms with E-state index in [-0.39, 0.29) is 17.8 Å². The van der Waals surface area contributed by atoms with E-state index in [0.717, 1.165) is 24.8 Å². The van der Waals surface area contributed by atoms with Crippen molar-refractivity contribution in [2.45, 2.75) is 31.8 Å². The van der Waals surface area contributed by atoms with Crippen LogP contribution >= 0.6 is 0 Å². The van der Waals surface area contributed by atoms with Crippen molar-refractivity contribution in [2.24, 2.45) is 0 Å². The Balaban J connectivity index is 1.44. The first kappa shape index (κ1) is 16.4. The van der Waals surface area contributed by atoms with Gasteiger partial charge in [-0.1, -0.05) is 12.1 Å². The van der Waals surface area contributed by atoms with Crippen LogP contribution in [0, 0.1) is 5.82 Å². The molecule has 3 rings (SSSR count). The lowest BCUT2D eigenvalue weighted by Gasteiger charge is -2.32. The van der Waals surface area contributed by atoms with Crippen molar-refractivity contribution in [3.05, 3.63) is 60.2 Å². The van der Waals surface area contributed by atoms with Gasteiger partial charge in [0.1, 0.15) is 6.10 Å². The third-order valence-electron chi connectivity index (χ3n) is 4.30. The van der Waals surface area contributed by atoms with Gasteiger partial charge in [-0.2, -0.15) is 0 Å². The van der Waals surface area contributed by atoms with Crippen LogP contribution in [-0.4, -0.2) is 35.0 Å². The summed E-state index contributed by atoms with van der Waals surface area (Å²) in [6, 6.07) is 10.3. The highest BCUT2D eigenvalue weighted by Gasteiger charge is 2.24. The van der Waals surface area contributed by atoms with Crippen LogP contribution < -0.4 is 4.74 Å². The first-order valence-corrected chi connectivity index (χ1v) is 8.30. The molecule has 1 saturated heterocycles. The molecule has 1 aliphatic heterocycles. The maximum Gasteiger partial charge on any atom is 0.222 e. The normalized spacial score (nSPS) is 15.3. The number of nitrogens with zero attached hydrogens (tertiary/aromatic N) is 2. The number of ether oxygens (including phenoxy) is 1. The van der Waals surface area contributed by atoms with Gasteiger partial charge in [0.15, 0.2) is 11.6 Å². The number of aryl methyl sites for hydroxylation is 1. The van der Waals surface area contributed by atoms with E-state index in [1.54, 1.807) is 30.6 Å². The number of hydrogen-bond donors (Lipinski definition) is 0. The monoisotopic (exact) mass is 328 g/mol. The van der Waals surface area contributed by atoms with Crippen LogP contribution in [0.3, 0.4) is 0 Å². The molecule has 1 amide bonds. The molecule has 2 heterocycles. The first-order chi connectivity index (χ1) is 11.7. The molecule has 0 unspecified atom stereocenters. The Morgan fingerprint density at radius 3 is 2.58 bits per heavy atom. The zero-order valence-corrected chi connectivity index (χ0v) is 13.5. The second-order valence-corrected chi connectivity index (χ2v) is 5.98. The number of para-hydroxylation sites is 1. The van der Waals surface area contributed by atoms with Crippen molar-refractivity contribution in [3.63, 3.8) is 0 Å². The SMILES string of the molecule is O=C(CCc1ccncc1)N1CCC(Oc2ccccc2F)CC1. The van der Waals surface area contributed by atoms with E-state index >= 15 is 0 Å². The maximum absolute atomic E-state index is 13.6. The molecule has 0 saturated carbocycles. The molecule has 4 nitrogen and oxygen atoms in total. The van der Waals surface area contributed by atoms with Crippen molar-refractivity contribution in [1.29, 1.82) is 0 Å². The molecule has 5 heteroatoms. The summed E-state index contributed by atoms with van der Waals surface area (Å²) in [7, 11) is 0. The summed E-state index contributed by atoms with van der Waals surface area (Å²) in [4.78, 5) is 18.2. The summed E-state index contributed by atoms with van der Waals surface area (Å²) in [5.74, 6) is 0.115. The molecule has 1 aromatic carbocycles. The summed E-state index contributed by atoms with van der Waals surface area (Å²) in [6.45, 7) is 1.32. The van der Waals surface area contributed by atoms with Crippen LogP contribution in [0.1, 0.15) is 24.8 Å². The summed E-state index contributed by atoms with van der Waals surface area (Å²) < 4.78 is 19.3. The van der Waals surface area contributed by atoms with Crippen molar-refractivity contribution < 1.29 is 13.9 Å². The van der Waals surface area contributed by atoms with Gasteiger partial charge in [0, 0.05) is 44.7 Å². The molecule has 1 fully saturated rings. The smallest absolute Gasteiger partial charge is 0.222 e. The fourth-order valence-electron chi connectivity index (χ4n) is 2.90. The van der Waals surface area contributed by atoms with Gasteiger partial charge in [0.05, 0.1) is 0 Å². The Labute approximate surface area is 141 Å². The fraction of sp³-hybridized carbons (Fsp3) is 0.368. The number of halogens is 1. The topological polar surface area (TPSA) is 42.4 Å². The van der Waals surface area contributed by atoms with E-state index in [4.69, 9.17) is 4.74 Å². The molecule has 0 radical (unpaired) electrons. The number of aromatic nitrogens is 1. The van der Waals surface area contributed by atoms with E-state index in [1.165, 1.54) is 6.07 Å². The van der Waals surface area contributed by atoms with Crippen molar-refractivity contribution in [1.82, 2.24) is 9.88 Å². The molecule has 1 aromatic heterocycles. The van der Waals surface area contributed by atoms with Crippen LogP contribution in [0.4, 0.5) is 4.39 Å². The lowest BCUT2D eigenvalue weighted by atomic mass is 10.1. The minimum absolute atomic E-state index is 0.0360. The van der Waals surface area contributed by atoms with E-state index in [1.807, 2.05) is 17.0 Å². The summed E-state index contributed by atoms with van der Waals surface area (Å²) in [6.07, 6.45) is 6.14. The number of rotatable bonds is 5. The van der Waals surface area contributed by atoms with Gasteiger partial charge in [0.2, 0.25) is 5.91 Å². The minimum Gasteiger partial charge on any atom is -0.487 e. The average molecular weight is 328 g/mol. The summed E-state index contributed by atoms with van der Waals surface area (Å²) in [5.41, 5.74) is 1.12. The molecule has 0 spiro atoms. The van der Waals surface area contributed by atoms with Crippen molar-refractivity contribution >= 4 is 5.91 Å². The molecule has 24 heavy (non-hydrogen) atoms. The third-order valence-corrected chi connectivity index (χ3v) is 4.30. The number of piperidine rings is 1. The third kappa shape index (κ3) is 4.31. The molecule has 0 atom stereocenters. The number of carbonyl (C=O) groups is 1. The molecular weight excluding hydrogens is 307 g/mol. The molecule has 0 aliphatic carbocycles. The number of amides is 1. The van der Waals surface area contributed by atoms with Gasteiger partial charge in [-0.15, -0.1) is 0 Å². The standard InChI is InChI=1S/C19H21FN2O2/c20-17-3-1-2-4-18(17)24-16-9-13-22(14-10-16)19(23)6-5-15-7-11-21-12-8-15/h1-4,7-8,11-12,16H,5-6,9-10,13-14H2. The number of pyridine rings is 1. The number of carbonyl (C=O) groups excluding carboxylic acids is 1. The Morgan fingerprint density at radius 2 is 1.88 bits per heavy atom. The van der Waals surface area contributed by atoms with Gasteiger partial charge < -0.3 is 9.64 Å². The maximum atomic E-state index is 13.6. The molecule has 126 valence electrons. The average Bonchev–Trinajstić information content (AvgIpc) is 2.63. The molecule has 0 N–H and O–H groups in total. The highest BCUT2D eigenvalue weighted by Crippen LogP contribution is 2.22. The molecular formula is C19H21FN2O2. The summed E-state index contributed by atoms with van der Waals surface area (Å²) >= 11 is 0. The van der Waals surface area contributed by atoms with Crippen molar-refractivity contribution in [3.8, 4) is 5.75 Å². The Kier molecular flexibility index (Phi) is 5.41. The number of likely N-dealkylation sites (tertiary alicyclic amines) is 1. The zero-order valence-electron chi connectivity index (χ0n) is 13.5.